The SMILES string of the molecule is O=[N+]([O-])c1ccc(S(=O)(=O)NCCNc2ccc(Nc3cccnc3)nn2)cc1. The number of nitro groups is 1. The van der Waals surface area contributed by atoms with Gasteiger partial charge in [0.25, 0.3) is 5.69 Å². The molecule has 0 spiro atoms. The Balaban J connectivity index is 1.47. The van der Waals surface area contributed by atoms with Crippen LogP contribution < -0.4 is 15.4 Å². The van der Waals surface area contributed by atoms with Crippen LogP contribution >= 0.6 is 0 Å². The Morgan fingerprint density at radius 2 is 1.69 bits per heavy atom. The maximum Gasteiger partial charge on any atom is 0.269 e. The molecule has 0 atom stereocenters. The zero-order chi connectivity index (χ0) is 20.7. The Labute approximate surface area is 166 Å². The Hall–Kier alpha value is -3.64. The van der Waals surface area contributed by atoms with Crippen LogP contribution in [0.1, 0.15) is 0 Å². The fourth-order valence-corrected chi connectivity index (χ4v) is 3.32. The summed E-state index contributed by atoms with van der Waals surface area (Å²) < 4.78 is 26.8. The van der Waals surface area contributed by atoms with Gasteiger partial charge in [-0.15, -0.1) is 10.2 Å². The van der Waals surface area contributed by atoms with Crippen molar-refractivity contribution in [2.45, 2.75) is 4.90 Å². The summed E-state index contributed by atoms with van der Waals surface area (Å²) in [7, 11) is -3.76. The van der Waals surface area contributed by atoms with Gasteiger partial charge in [-0.05, 0) is 36.4 Å². The molecule has 0 bridgehead atoms. The number of nitrogens with one attached hydrogen (secondary N) is 3. The van der Waals surface area contributed by atoms with Crippen LogP contribution in [-0.2, 0) is 10.0 Å². The fourth-order valence-electron chi connectivity index (χ4n) is 2.28. The minimum atomic E-state index is -3.76. The summed E-state index contributed by atoms with van der Waals surface area (Å²) in [5.74, 6) is 1.03. The van der Waals surface area contributed by atoms with Crippen LogP contribution in [0.5, 0.6) is 0 Å². The molecule has 0 fully saturated rings. The lowest BCUT2D eigenvalue weighted by atomic mass is 10.3. The Morgan fingerprint density at radius 1 is 0.966 bits per heavy atom. The van der Waals surface area contributed by atoms with Gasteiger partial charge in [-0.2, -0.15) is 0 Å². The molecule has 0 saturated carbocycles. The number of hydrogen-bond donors (Lipinski definition) is 3. The number of hydrogen-bond acceptors (Lipinski definition) is 9. The van der Waals surface area contributed by atoms with Gasteiger partial charge in [0, 0.05) is 31.4 Å². The first-order valence-electron chi connectivity index (χ1n) is 8.43. The summed E-state index contributed by atoms with van der Waals surface area (Å²) in [5.41, 5.74) is 0.605. The molecule has 0 unspecified atom stereocenters. The zero-order valence-electron chi connectivity index (χ0n) is 15.0. The molecule has 11 nitrogen and oxygen atoms in total. The second-order valence-electron chi connectivity index (χ2n) is 5.75. The van der Waals surface area contributed by atoms with Crippen molar-refractivity contribution in [2.75, 3.05) is 23.7 Å². The molecular weight excluding hydrogens is 398 g/mol. The van der Waals surface area contributed by atoms with E-state index in [1.54, 1.807) is 30.6 Å². The lowest BCUT2D eigenvalue weighted by Crippen LogP contribution is -2.29. The van der Waals surface area contributed by atoms with Crippen LogP contribution in [0, 0.1) is 10.1 Å². The van der Waals surface area contributed by atoms with Crippen LogP contribution in [0.2, 0.25) is 0 Å². The van der Waals surface area contributed by atoms with Gasteiger partial charge in [0.2, 0.25) is 10.0 Å². The van der Waals surface area contributed by atoms with Gasteiger partial charge in [-0.3, -0.25) is 15.1 Å². The Morgan fingerprint density at radius 3 is 2.31 bits per heavy atom. The first-order valence-corrected chi connectivity index (χ1v) is 9.91. The molecule has 12 heteroatoms. The number of aromatic nitrogens is 3. The third kappa shape index (κ3) is 5.67. The van der Waals surface area contributed by atoms with Gasteiger partial charge in [0.1, 0.15) is 5.82 Å². The first-order chi connectivity index (χ1) is 13.9. The first kappa shape index (κ1) is 20.1. The number of nitro benzene ring substituents is 1. The molecule has 0 aliphatic carbocycles. The van der Waals surface area contributed by atoms with Crippen LogP contribution in [0.25, 0.3) is 0 Å². The summed E-state index contributed by atoms with van der Waals surface area (Å²) >= 11 is 0. The zero-order valence-corrected chi connectivity index (χ0v) is 15.8. The number of pyridine rings is 1. The minimum absolute atomic E-state index is 0.0475. The van der Waals surface area contributed by atoms with Crippen molar-refractivity contribution in [3.05, 3.63) is 71.0 Å². The number of rotatable bonds is 9. The second kappa shape index (κ2) is 9.03. The molecule has 2 aromatic heterocycles. The van der Waals surface area contributed by atoms with Crippen molar-refractivity contribution < 1.29 is 13.3 Å². The third-order valence-electron chi connectivity index (χ3n) is 3.68. The monoisotopic (exact) mass is 415 g/mol. The van der Waals surface area contributed by atoms with Gasteiger partial charge >= 0.3 is 0 Å². The van der Waals surface area contributed by atoms with E-state index in [0.29, 0.717) is 11.6 Å². The highest BCUT2D eigenvalue weighted by Gasteiger charge is 2.15. The quantitative estimate of drug-likeness (QED) is 0.270. The third-order valence-corrected chi connectivity index (χ3v) is 5.16. The van der Waals surface area contributed by atoms with E-state index in [0.717, 1.165) is 17.8 Å². The lowest BCUT2D eigenvalue weighted by Gasteiger charge is -2.09. The standard InChI is InChI=1S/C17H17N7O4S/c25-24(26)14-3-5-15(6-4-14)29(27,28)20-11-10-19-16-7-8-17(23-22-16)21-13-2-1-9-18-12-13/h1-9,12,20H,10-11H2,(H,19,22)(H,21,23). The average Bonchev–Trinajstić information content (AvgIpc) is 2.73. The highest BCUT2D eigenvalue weighted by molar-refractivity contribution is 7.89. The molecule has 0 radical (unpaired) electrons. The van der Waals surface area contributed by atoms with Crippen molar-refractivity contribution >= 4 is 33.0 Å². The summed E-state index contributed by atoms with van der Waals surface area (Å²) in [6, 6.07) is 11.7. The maximum atomic E-state index is 12.2. The molecule has 0 aliphatic rings. The van der Waals surface area contributed by atoms with Crippen molar-refractivity contribution in [3.63, 3.8) is 0 Å². The van der Waals surface area contributed by atoms with E-state index < -0.39 is 14.9 Å². The van der Waals surface area contributed by atoms with Crippen molar-refractivity contribution in [1.29, 1.82) is 0 Å². The van der Waals surface area contributed by atoms with E-state index in [4.69, 9.17) is 0 Å². The maximum absolute atomic E-state index is 12.2. The highest BCUT2D eigenvalue weighted by atomic mass is 32.2. The van der Waals surface area contributed by atoms with Crippen LogP contribution in [-0.4, -0.2) is 41.6 Å². The summed E-state index contributed by atoms with van der Waals surface area (Å²) in [6.45, 7) is 0.368. The molecule has 1 aromatic carbocycles. The predicted molar refractivity (Wildman–Crippen MR) is 106 cm³/mol. The number of sulfonamides is 1. The van der Waals surface area contributed by atoms with Gasteiger partial charge in [0.15, 0.2) is 5.82 Å². The van der Waals surface area contributed by atoms with Crippen LogP contribution in [0.4, 0.5) is 23.0 Å². The van der Waals surface area contributed by atoms with Gasteiger partial charge in [0.05, 0.1) is 21.7 Å². The highest BCUT2D eigenvalue weighted by Crippen LogP contribution is 2.16. The Bertz CT molecular complexity index is 1060. The average molecular weight is 415 g/mol. The largest absolute Gasteiger partial charge is 0.367 e. The van der Waals surface area contributed by atoms with Crippen molar-refractivity contribution in [3.8, 4) is 0 Å². The predicted octanol–water partition coefficient (Wildman–Crippen LogP) is 1.91. The molecule has 0 amide bonds. The number of benzene rings is 1. The number of non-ortho nitro benzene ring substituents is 1. The number of anilines is 3. The Kier molecular flexibility index (Phi) is 6.26. The molecule has 3 aromatic rings. The summed E-state index contributed by atoms with van der Waals surface area (Å²) in [6.07, 6.45) is 3.32. The molecule has 29 heavy (non-hydrogen) atoms. The lowest BCUT2D eigenvalue weighted by molar-refractivity contribution is -0.384. The van der Waals surface area contributed by atoms with Crippen LogP contribution in [0.15, 0.2) is 65.8 Å². The second-order valence-corrected chi connectivity index (χ2v) is 7.51. The molecule has 3 N–H and O–H groups in total. The summed E-state index contributed by atoms with van der Waals surface area (Å²) in [5, 5.41) is 24.7. The van der Waals surface area contributed by atoms with E-state index in [-0.39, 0.29) is 23.7 Å². The summed E-state index contributed by atoms with van der Waals surface area (Å²) in [4.78, 5) is 14.0. The van der Waals surface area contributed by atoms with E-state index in [2.05, 4.69) is 30.5 Å². The van der Waals surface area contributed by atoms with E-state index in [9.17, 15) is 18.5 Å². The fraction of sp³-hybridized carbons (Fsp3) is 0.118. The molecular formula is C17H17N7O4S. The normalized spacial score (nSPS) is 11.0. The van der Waals surface area contributed by atoms with E-state index in [1.807, 2.05) is 6.07 Å². The van der Waals surface area contributed by atoms with Crippen molar-refractivity contribution in [1.82, 2.24) is 19.9 Å². The molecule has 2 heterocycles. The van der Waals surface area contributed by atoms with Gasteiger partial charge < -0.3 is 10.6 Å². The van der Waals surface area contributed by atoms with E-state index >= 15 is 0 Å². The number of nitrogens with zero attached hydrogens (tertiary/aromatic N) is 4. The van der Waals surface area contributed by atoms with Gasteiger partial charge in [-0.25, -0.2) is 13.1 Å². The van der Waals surface area contributed by atoms with E-state index in [1.165, 1.54) is 12.1 Å². The van der Waals surface area contributed by atoms with Crippen molar-refractivity contribution in [2.24, 2.45) is 0 Å². The minimum Gasteiger partial charge on any atom is -0.367 e. The molecule has 0 aliphatic heterocycles. The van der Waals surface area contributed by atoms with Gasteiger partial charge in [-0.1, -0.05) is 0 Å². The topological polar surface area (TPSA) is 152 Å². The molecule has 3 rings (SSSR count). The smallest absolute Gasteiger partial charge is 0.269 e. The van der Waals surface area contributed by atoms with Crippen LogP contribution in [0.3, 0.4) is 0 Å². The molecule has 0 saturated heterocycles. The molecule has 150 valence electrons.